The Bertz CT molecular complexity index is 821. The summed E-state index contributed by atoms with van der Waals surface area (Å²) < 4.78 is 28.7. The number of anilines is 1. The van der Waals surface area contributed by atoms with Crippen molar-refractivity contribution >= 4 is 15.8 Å². The molecular formula is C15H20N6O2S. The van der Waals surface area contributed by atoms with E-state index >= 15 is 0 Å². The molecule has 2 aliphatic rings. The van der Waals surface area contributed by atoms with Crippen LogP contribution >= 0.6 is 0 Å². The van der Waals surface area contributed by atoms with Crippen LogP contribution in [0.4, 0.5) is 5.82 Å². The standard InChI is InChI=1S/C15H20N6O2S/c1-20-9-15(18-10-20)24(22,23)21-7-11-2-3-13(12(11)8-21)19-14-6-16-4-5-17-14/h4-6,9-13H,2-3,7-8H2,1H3,(H,17,19)/t11-,12+,13+/m0/s1. The van der Waals surface area contributed by atoms with Crippen molar-refractivity contribution in [2.45, 2.75) is 23.9 Å². The van der Waals surface area contributed by atoms with Crippen LogP contribution in [0.15, 0.2) is 36.1 Å². The summed E-state index contributed by atoms with van der Waals surface area (Å²) in [6.07, 6.45) is 10.1. The van der Waals surface area contributed by atoms with E-state index in [4.69, 9.17) is 0 Å². The van der Waals surface area contributed by atoms with E-state index in [0.29, 0.717) is 24.9 Å². The Morgan fingerprint density at radius 2 is 2.08 bits per heavy atom. The average molecular weight is 348 g/mol. The second-order valence-corrected chi connectivity index (χ2v) is 8.43. The Labute approximate surface area is 141 Å². The van der Waals surface area contributed by atoms with Crippen LogP contribution in [0.5, 0.6) is 0 Å². The van der Waals surface area contributed by atoms with Gasteiger partial charge in [-0.25, -0.2) is 18.4 Å². The van der Waals surface area contributed by atoms with Crippen molar-refractivity contribution in [2.75, 3.05) is 18.4 Å². The molecule has 4 rings (SSSR count). The molecule has 1 aliphatic carbocycles. The number of fused-ring (bicyclic) bond motifs is 1. The fourth-order valence-corrected chi connectivity index (χ4v) is 5.32. The SMILES string of the molecule is Cn1cnc(S(=O)(=O)N2C[C@@H]3CC[C@@H](Nc4cnccn4)[C@@H]3C2)c1. The summed E-state index contributed by atoms with van der Waals surface area (Å²) in [6.45, 7) is 1.10. The lowest BCUT2D eigenvalue weighted by Crippen LogP contribution is -2.33. The highest BCUT2D eigenvalue weighted by molar-refractivity contribution is 7.89. The summed E-state index contributed by atoms with van der Waals surface area (Å²) in [6, 6.07) is 0.232. The molecule has 1 aliphatic heterocycles. The first-order valence-electron chi connectivity index (χ1n) is 8.05. The Morgan fingerprint density at radius 3 is 2.79 bits per heavy atom. The number of hydrogen-bond donors (Lipinski definition) is 1. The molecule has 0 spiro atoms. The minimum Gasteiger partial charge on any atom is -0.366 e. The molecule has 128 valence electrons. The molecule has 1 saturated heterocycles. The van der Waals surface area contributed by atoms with Crippen LogP contribution in [0.25, 0.3) is 0 Å². The van der Waals surface area contributed by atoms with Crippen molar-refractivity contribution in [2.24, 2.45) is 18.9 Å². The predicted molar refractivity (Wildman–Crippen MR) is 87.6 cm³/mol. The van der Waals surface area contributed by atoms with E-state index in [1.54, 1.807) is 40.7 Å². The van der Waals surface area contributed by atoms with Gasteiger partial charge in [0.25, 0.3) is 10.0 Å². The molecule has 8 nitrogen and oxygen atoms in total. The highest BCUT2D eigenvalue weighted by atomic mass is 32.2. The maximum atomic E-state index is 12.8. The lowest BCUT2D eigenvalue weighted by molar-refractivity contribution is 0.434. The van der Waals surface area contributed by atoms with Gasteiger partial charge in [-0.2, -0.15) is 4.31 Å². The van der Waals surface area contributed by atoms with Crippen LogP contribution in [0, 0.1) is 11.8 Å². The van der Waals surface area contributed by atoms with Gasteiger partial charge in [-0.3, -0.25) is 4.98 Å². The average Bonchev–Trinajstić information content (AvgIpc) is 3.26. The summed E-state index contributed by atoms with van der Waals surface area (Å²) in [5, 5.41) is 3.54. The van der Waals surface area contributed by atoms with Gasteiger partial charge in [0.15, 0.2) is 5.03 Å². The molecule has 3 atom stereocenters. The second kappa shape index (κ2) is 5.82. The van der Waals surface area contributed by atoms with E-state index in [1.807, 2.05) is 0 Å². The molecule has 3 heterocycles. The van der Waals surface area contributed by atoms with Gasteiger partial charge in [0, 0.05) is 44.8 Å². The minimum atomic E-state index is -3.51. The summed E-state index contributed by atoms with van der Waals surface area (Å²) >= 11 is 0. The molecular weight excluding hydrogens is 328 g/mol. The zero-order valence-electron chi connectivity index (χ0n) is 13.4. The Balaban J connectivity index is 1.50. The third-order valence-corrected chi connectivity index (χ3v) is 6.72. The van der Waals surface area contributed by atoms with Crippen LogP contribution in [0.2, 0.25) is 0 Å². The molecule has 9 heteroatoms. The van der Waals surface area contributed by atoms with E-state index in [0.717, 1.165) is 18.7 Å². The lowest BCUT2D eigenvalue weighted by Gasteiger charge is -2.21. The molecule has 1 N–H and O–H groups in total. The van der Waals surface area contributed by atoms with E-state index in [2.05, 4.69) is 20.3 Å². The summed E-state index contributed by atoms with van der Waals surface area (Å²) in [4.78, 5) is 12.3. The first kappa shape index (κ1) is 15.5. The first-order chi connectivity index (χ1) is 11.5. The van der Waals surface area contributed by atoms with E-state index in [-0.39, 0.29) is 11.1 Å². The molecule has 24 heavy (non-hydrogen) atoms. The summed E-state index contributed by atoms with van der Waals surface area (Å²) in [5.41, 5.74) is 0. The summed E-state index contributed by atoms with van der Waals surface area (Å²) in [5.74, 6) is 1.43. The molecule has 0 aromatic carbocycles. The highest BCUT2D eigenvalue weighted by Gasteiger charge is 2.46. The van der Waals surface area contributed by atoms with Gasteiger partial charge in [0.05, 0.1) is 12.5 Å². The van der Waals surface area contributed by atoms with Gasteiger partial charge < -0.3 is 9.88 Å². The van der Waals surface area contributed by atoms with Gasteiger partial charge in [-0.15, -0.1) is 0 Å². The number of aromatic nitrogens is 4. The number of nitrogens with one attached hydrogen (secondary N) is 1. The number of imidazole rings is 1. The second-order valence-electron chi connectivity index (χ2n) is 6.54. The molecule has 2 aromatic rings. The zero-order chi connectivity index (χ0) is 16.7. The van der Waals surface area contributed by atoms with Gasteiger partial charge in [-0.05, 0) is 24.7 Å². The van der Waals surface area contributed by atoms with E-state index in [1.165, 1.54) is 6.33 Å². The molecule has 0 bridgehead atoms. The zero-order valence-corrected chi connectivity index (χ0v) is 14.2. The topological polar surface area (TPSA) is 93.0 Å². The fraction of sp³-hybridized carbons (Fsp3) is 0.533. The predicted octanol–water partition coefficient (Wildman–Crippen LogP) is 0.721. The Hall–Kier alpha value is -2.00. The lowest BCUT2D eigenvalue weighted by atomic mass is 9.98. The van der Waals surface area contributed by atoms with Gasteiger partial charge in [-0.1, -0.05) is 0 Å². The Kier molecular flexibility index (Phi) is 3.76. The number of sulfonamides is 1. The molecule has 0 radical (unpaired) electrons. The van der Waals surface area contributed by atoms with Gasteiger partial charge in [0.2, 0.25) is 0 Å². The minimum absolute atomic E-state index is 0.128. The van der Waals surface area contributed by atoms with Crippen molar-refractivity contribution in [1.82, 2.24) is 23.8 Å². The van der Waals surface area contributed by atoms with E-state index in [9.17, 15) is 8.42 Å². The monoisotopic (exact) mass is 348 g/mol. The van der Waals surface area contributed by atoms with Crippen molar-refractivity contribution in [3.05, 3.63) is 31.1 Å². The maximum absolute atomic E-state index is 12.8. The van der Waals surface area contributed by atoms with Crippen molar-refractivity contribution in [3.8, 4) is 0 Å². The van der Waals surface area contributed by atoms with Crippen LogP contribution in [0.1, 0.15) is 12.8 Å². The van der Waals surface area contributed by atoms with Gasteiger partial charge in [0.1, 0.15) is 5.82 Å². The van der Waals surface area contributed by atoms with Crippen LogP contribution in [0.3, 0.4) is 0 Å². The van der Waals surface area contributed by atoms with Crippen LogP contribution in [-0.4, -0.2) is 51.4 Å². The fourth-order valence-electron chi connectivity index (χ4n) is 3.82. The van der Waals surface area contributed by atoms with Crippen molar-refractivity contribution in [1.29, 1.82) is 0 Å². The molecule has 2 fully saturated rings. The van der Waals surface area contributed by atoms with E-state index < -0.39 is 10.0 Å². The molecule has 0 amide bonds. The highest BCUT2D eigenvalue weighted by Crippen LogP contribution is 2.41. The Morgan fingerprint density at radius 1 is 1.21 bits per heavy atom. The smallest absolute Gasteiger partial charge is 0.262 e. The number of aryl methyl sites for hydroxylation is 1. The third-order valence-electron chi connectivity index (χ3n) is 5.01. The van der Waals surface area contributed by atoms with Crippen LogP contribution in [-0.2, 0) is 17.1 Å². The molecule has 1 saturated carbocycles. The van der Waals surface area contributed by atoms with Crippen molar-refractivity contribution in [3.63, 3.8) is 0 Å². The normalized spacial score (nSPS) is 27.3. The number of nitrogens with zero attached hydrogens (tertiary/aromatic N) is 5. The number of hydrogen-bond acceptors (Lipinski definition) is 6. The quantitative estimate of drug-likeness (QED) is 0.875. The summed E-state index contributed by atoms with van der Waals surface area (Å²) in [7, 11) is -1.74. The van der Waals surface area contributed by atoms with Crippen LogP contribution < -0.4 is 5.32 Å². The molecule has 0 unspecified atom stereocenters. The van der Waals surface area contributed by atoms with Gasteiger partial charge >= 0.3 is 0 Å². The van der Waals surface area contributed by atoms with Crippen molar-refractivity contribution < 1.29 is 8.42 Å². The largest absolute Gasteiger partial charge is 0.366 e. The first-order valence-corrected chi connectivity index (χ1v) is 9.49. The third kappa shape index (κ3) is 2.67. The number of rotatable bonds is 4. The molecule has 2 aromatic heterocycles. The maximum Gasteiger partial charge on any atom is 0.262 e.